The Hall–Kier alpha value is -2.21. The predicted molar refractivity (Wildman–Crippen MR) is 88.5 cm³/mol. The second-order valence-electron chi connectivity index (χ2n) is 6.29. The highest BCUT2D eigenvalue weighted by Crippen LogP contribution is 2.20. The first-order valence-electron chi connectivity index (χ1n) is 7.38. The van der Waals surface area contributed by atoms with Crippen LogP contribution in [0.5, 0.6) is 0 Å². The van der Waals surface area contributed by atoms with Gasteiger partial charge in [-0.05, 0) is 36.2 Å². The average molecular weight is 301 g/mol. The van der Waals surface area contributed by atoms with E-state index in [-0.39, 0.29) is 5.41 Å². The van der Waals surface area contributed by atoms with Gasteiger partial charge in [0, 0.05) is 17.3 Å². The third-order valence-electron chi connectivity index (χ3n) is 3.59. The van der Waals surface area contributed by atoms with Gasteiger partial charge < -0.3 is 11.1 Å². The summed E-state index contributed by atoms with van der Waals surface area (Å²) < 4.78 is 3.85. The SMILES string of the molecule is Cn1cc[n+](C)c1/N=N/c1ccc(NCC(C)(C)CN)cc1. The number of aryl methyl sites for hydroxylation is 2. The molecule has 1 aromatic heterocycles. The summed E-state index contributed by atoms with van der Waals surface area (Å²) in [6, 6.07) is 7.91. The Morgan fingerprint density at radius 1 is 1.23 bits per heavy atom. The second-order valence-corrected chi connectivity index (χ2v) is 6.29. The molecule has 0 amide bonds. The lowest BCUT2D eigenvalue weighted by Crippen LogP contribution is -2.31. The van der Waals surface area contributed by atoms with Gasteiger partial charge in [-0.25, -0.2) is 9.13 Å². The Morgan fingerprint density at radius 2 is 1.91 bits per heavy atom. The predicted octanol–water partition coefficient (Wildman–Crippen LogP) is 2.66. The van der Waals surface area contributed by atoms with Crippen LogP contribution in [0.25, 0.3) is 0 Å². The monoisotopic (exact) mass is 301 g/mol. The maximum atomic E-state index is 5.73. The van der Waals surface area contributed by atoms with Crippen LogP contribution in [-0.2, 0) is 14.1 Å². The molecule has 0 aliphatic heterocycles. The zero-order valence-corrected chi connectivity index (χ0v) is 13.7. The molecule has 3 N–H and O–H groups in total. The molecule has 0 atom stereocenters. The number of rotatable bonds is 6. The largest absolute Gasteiger partial charge is 0.421 e. The molecule has 1 aromatic carbocycles. The van der Waals surface area contributed by atoms with Crippen LogP contribution < -0.4 is 15.6 Å². The van der Waals surface area contributed by atoms with Crippen LogP contribution in [0.15, 0.2) is 46.9 Å². The first-order chi connectivity index (χ1) is 10.4. The molecular weight excluding hydrogens is 276 g/mol. The van der Waals surface area contributed by atoms with Crippen molar-refractivity contribution < 1.29 is 4.57 Å². The zero-order chi connectivity index (χ0) is 16.2. The summed E-state index contributed by atoms with van der Waals surface area (Å²) in [4.78, 5) is 0. The Morgan fingerprint density at radius 3 is 2.45 bits per heavy atom. The Bertz CT molecular complexity index is 620. The summed E-state index contributed by atoms with van der Waals surface area (Å²) in [7, 11) is 3.89. The van der Waals surface area contributed by atoms with Gasteiger partial charge >= 0.3 is 5.95 Å². The minimum Gasteiger partial charge on any atom is -0.384 e. The molecule has 0 spiro atoms. The molecular formula is C16H25N6+. The summed E-state index contributed by atoms with van der Waals surface area (Å²) in [5.74, 6) is 0.798. The van der Waals surface area contributed by atoms with Crippen LogP contribution in [0.1, 0.15) is 13.8 Å². The molecule has 0 aliphatic carbocycles. The normalized spacial score (nSPS) is 12.0. The summed E-state index contributed by atoms with van der Waals surface area (Å²) in [5.41, 5.74) is 7.70. The van der Waals surface area contributed by atoms with Crippen LogP contribution in [0.3, 0.4) is 0 Å². The van der Waals surface area contributed by atoms with Crippen molar-refractivity contribution in [2.45, 2.75) is 13.8 Å². The van der Waals surface area contributed by atoms with Crippen molar-refractivity contribution in [3.05, 3.63) is 36.7 Å². The minimum atomic E-state index is 0.0830. The summed E-state index contributed by atoms with van der Waals surface area (Å²) in [6.45, 7) is 5.77. The zero-order valence-electron chi connectivity index (χ0n) is 13.7. The van der Waals surface area contributed by atoms with Crippen LogP contribution >= 0.6 is 0 Å². The molecule has 6 nitrogen and oxygen atoms in total. The Labute approximate surface area is 131 Å². The van der Waals surface area contributed by atoms with E-state index in [4.69, 9.17) is 5.73 Å². The molecule has 118 valence electrons. The number of azo groups is 1. The molecule has 0 unspecified atom stereocenters. The van der Waals surface area contributed by atoms with Crippen LogP contribution in [0.2, 0.25) is 0 Å². The molecule has 0 aliphatic rings. The number of hydrogen-bond acceptors (Lipinski definition) is 4. The van der Waals surface area contributed by atoms with E-state index in [0.29, 0.717) is 6.54 Å². The lowest BCUT2D eigenvalue weighted by atomic mass is 9.94. The standard InChI is InChI=1S/C16H24N6/c1-16(2,11-17)12-18-13-5-7-14(8-6-13)19-20-15-21(3)9-10-22(15)4/h5-10H,11-12,17H2,1-4H3/p+1. The highest BCUT2D eigenvalue weighted by atomic mass is 15.3. The number of hydrogen-bond donors (Lipinski definition) is 2. The smallest absolute Gasteiger partial charge is 0.384 e. The van der Waals surface area contributed by atoms with Crippen molar-refractivity contribution in [1.82, 2.24) is 4.57 Å². The fraction of sp³-hybridized carbons (Fsp3) is 0.438. The van der Waals surface area contributed by atoms with Gasteiger partial charge in [0.2, 0.25) is 0 Å². The highest BCUT2D eigenvalue weighted by molar-refractivity contribution is 5.50. The summed E-state index contributed by atoms with van der Waals surface area (Å²) in [6.07, 6.45) is 3.89. The van der Waals surface area contributed by atoms with E-state index in [2.05, 4.69) is 29.4 Å². The van der Waals surface area contributed by atoms with E-state index in [9.17, 15) is 0 Å². The number of nitrogens with two attached hydrogens (primary N) is 1. The fourth-order valence-electron chi connectivity index (χ4n) is 1.89. The summed E-state index contributed by atoms with van der Waals surface area (Å²) >= 11 is 0. The van der Waals surface area contributed by atoms with Gasteiger partial charge in [0.05, 0.1) is 26.5 Å². The van der Waals surface area contributed by atoms with Crippen molar-refractivity contribution in [1.29, 1.82) is 0 Å². The second kappa shape index (κ2) is 6.70. The molecule has 0 bridgehead atoms. The van der Waals surface area contributed by atoms with Crippen molar-refractivity contribution in [2.75, 3.05) is 18.4 Å². The van der Waals surface area contributed by atoms with Crippen molar-refractivity contribution in [2.24, 2.45) is 35.5 Å². The maximum Gasteiger partial charge on any atom is 0.421 e. The van der Waals surface area contributed by atoms with E-state index in [1.807, 2.05) is 59.9 Å². The molecule has 6 heteroatoms. The van der Waals surface area contributed by atoms with Crippen molar-refractivity contribution >= 4 is 17.3 Å². The molecule has 0 radical (unpaired) electrons. The molecule has 22 heavy (non-hydrogen) atoms. The lowest BCUT2D eigenvalue weighted by molar-refractivity contribution is -0.657. The number of anilines is 1. The van der Waals surface area contributed by atoms with E-state index >= 15 is 0 Å². The number of nitrogens with one attached hydrogen (secondary N) is 1. The molecule has 0 saturated carbocycles. The topological polar surface area (TPSA) is 71.6 Å². The molecule has 0 fully saturated rings. The van der Waals surface area contributed by atoms with Crippen LogP contribution in [0.4, 0.5) is 17.3 Å². The maximum absolute atomic E-state index is 5.73. The highest BCUT2D eigenvalue weighted by Gasteiger charge is 2.14. The average Bonchev–Trinajstić information content (AvgIpc) is 2.83. The van der Waals surface area contributed by atoms with E-state index in [1.165, 1.54) is 0 Å². The van der Waals surface area contributed by atoms with Gasteiger partial charge in [-0.1, -0.05) is 19.0 Å². The number of aromatic nitrogens is 2. The fourth-order valence-corrected chi connectivity index (χ4v) is 1.89. The molecule has 1 heterocycles. The number of nitrogens with zero attached hydrogens (tertiary/aromatic N) is 4. The lowest BCUT2D eigenvalue weighted by Gasteiger charge is -2.23. The molecule has 2 aromatic rings. The van der Waals surface area contributed by atoms with E-state index < -0.39 is 0 Å². The van der Waals surface area contributed by atoms with E-state index in [1.54, 1.807) is 0 Å². The van der Waals surface area contributed by atoms with Crippen LogP contribution in [-0.4, -0.2) is 17.7 Å². The van der Waals surface area contributed by atoms with Gasteiger partial charge in [-0.15, -0.1) is 0 Å². The molecule has 0 saturated heterocycles. The van der Waals surface area contributed by atoms with Crippen molar-refractivity contribution in [3.63, 3.8) is 0 Å². The van der Waals surface area contributed by atoms with Gasteiger partial charge in [0.25, 0.3) is 0 Å². The first-order valence-corrected chi connectivity index (χ1v) is 7.38. The number of imidazole rings is 1. The van der Waals surface area contributed by atoms with Gasteiger partial charge in [-0.2, -0.15) is 0 Å². The Balaban J connectivity index is 2.00. The van der Waals surface area contributed by atoms with E-state index in [0.717, 1.165) is 23.9 Å². The minimum absolute atomic E-state index is 0.0830. The molecule has 2 rings (SSSR count). The van der Waals surface area contributed by atoms with Crippen molar-refractivity contribution in [3.8, 4) is 0 Å². The quantitative estimate of drug-likeness (QED) is 0.636. The van der Waals surface area contributed by atoms with Gasteiger partial charge in [0.1, 0.15) is 5.69 Å². The third kappa shape index (κ3) is 4.14. The van der Waals surface area contributed by atoms with Gasteiger partial charge in [-0.3, -0.25) is 0 Å². The van der Waals surface area contributed by atoms with Crippen LogP contribution in [0, 0.1) is 5.41 Å². The summed E-state index contributed by atoms with van der Waals surface area (Å²) in [5, 5.41) is 11.9. The number of benzene rings is 1. The first kappa shape index (κ1) is 16.2. The van der Waals surface area contributed by atoms with Gasteiger partial charge in [0.15, 0.2) is 0 Å². The Kier molecular flexibility index (Phi) is 4.92. The third-order valence-corrected chi connectivity index (χ3v) is 3.59.